The molecule has 30 heavy (non-hydrogen) atoms. The second-order valence-electron chi connectivity index (χ2n) is 6.95. The molecule has 1 fully saturated rings. The highest BCUT2D eigenvalue weighted by Crippen LogP contribution is 2.33. The van der Waals surface area contributed by atoms with Crippen molar-refractivity contribution in [3.05, 3.63) is 53.6 Å². The largest absolute Gasteiger partial charge is 0.496 e. The van der Waals surface area contributed by atoms with Crippen LogP contribution in [0.2, 0.25) is 0 Å². The number of carbonyl (C=O) groups is 2. The number of carbonyl (C=O) groups excluding carboxylic acids is 2. The number of hydrogen-bond donors (Lipinski definition) is 1. The van der Waals surface area contributed by atoms with Crippen molar-refractivity contribution < 1.29 is 23.1 Å². The molecular formula is C21H20FN3O4S. The van der Waals surface area contributed by atoms with Crippen LogP contribution in [-0.4, -0.2) is 41.9 Å². The lowest BCUT2D eigenvalue weighted by molar-refractivity contribution is -0.121. The van der Waals surface area contributed by atoms with Gasteiger partial charge < -0.3 is 19.4 Å². The van der Waals surface area contributed by atoms with E-state index in [4.69, 9.17) is 9.15 Å². The van der Waals surface area contributed by atoms with Crippen LogP contribution >= 0.6 is 11.3 Å². The Labute approximate surface area is 176 Å². The zero-order valence-electron chi connectivity index (χ0n) is 16.3. The third-order valence-electron chi connectivity index (χ3n) is 5.09. The van der Waals surface area contributed by atoms with Gasteiger partial charge in [0.2, 0.25) is 5.91 Å². The number of benzene rings is 1. The molecule has 0 saturated carbocycles. The summed E-state index contributed by atoms with van der Waals surface area (Å²) in [4.78, 5) is 31.1. The van der Waals surface area contributed by atoms with Gasteiger partial charge in [0.25, 0.3) is 5.91 Å². The summed E-state index contributed by atoms with van der Waals surface area (Å²) in [5.74, 6) is -0.293. The van der Waals surface area contributed by atoms with E-state index < -0.39 is 0 Å². The fraction of sp³-hybridized carbons (Fsp3) is 0.286. The Hall–Kier alpha value is -3.20. The molecule has 1 aromatic carbocycles. The van der Waals surface area contributed by atoms with Crippen molar-refractivity contribution in [2.24, 2.45) is 5.92 Å². The van der Waals surface area contributed by atoms with E-state index in [0.717, 1.165) is 0 Å². The summed E-state index contributed by atoms with van der Waals surface area (Å²) in [6, 6.07) is 5.85. The number of likely N-dealkylation sites (tertiary alicyclic amines) is 1. The molecule has 156 valence electrons. The van der Waals surface area contributed by atoms with E-state index in [1.54, 1.807) is 22.4 Å². The summed E-state index contributed by atoms with van der Waals surface area (Å²) in [7, 11) is 1.51. The number of aromatic nitrogens is 1. The SMILES string of the molecule is COc1ccc(F)cc1-c1csc(NC(=O)C2CCN(C(=O)c3ccoc3)CC2)n1. The summed E-state index contributed by atoms with van der Waals surface area (Å²) in [5, 5.41) is 5.03. The van der Waals surface area contributed by atoms with Crippen LogP contribution in [0.5, 0.6) is 5.75 Å². The molecule has 2 amide bonds. The number of amides is 2. The van der Waals surface area contributed by atoms with Crippen LogP contribution in [-0.2, 0) is 4.79 Å². The maximum Gasteiger partial charge on any atom is 0.257 e. The van der Waals surface area contributed by atoms with Crippen molar-refractivity contribution in [1.82, 2.24) is 9.88 Å². The van der Waals surface area contributed by atoms with Gasteiger partial charge in [0.1, 0.15) is 17.8 Å². The predicted octanol–water partition coefficient (Wildman–Crippen LogP) is 4.04. The Balaban J connectivity index is 1.37. The van der Waals surface area contributed by atoms with Crippen molar-refractivity contribution in [2.75, 3.05) is 25.5 Å². The number of rotatable bonds is 5. The van der Waals surface area contributed by atoms with Gasteiger partial charge in [-0.25, -0.2) is 9.37 Å². The van der Waals surface area contributed by atoms with E-state index in [1.807, 2.05) is 0 Å². The number of ether oxygens (including phenoxy) is 1. The lowest BCUT2D eigenvalue weighted by Gasteiger charge is -2.30. The van der Waals surface area contributed by atoms with E-state index >= 15 is 0 Å². The van der Waals surface area contributed by atoms with E-state index in [9.17, 15) is 14.0 Å². The Morgan fingerprint density at radius 3 is 2.80 bits per heavy atom. The van der Waals surface area contributed by atoms with Crippen LogP contribution in [0.15, 0.2) is 46.6 Å². The average Bonchev–Trinajstić information content (AvgIpc) is 3.46. The molecule has 1 aliphatic heterocycles. The summed E-state index contributed by atoms with van der Waals surface area (Å²) < 4.78 is 23.9. The minimum absolute atomic E-state index is 0.0868. The normalized spacial score (nSPS) is 14.5. The molecule has 1 saturated heterocycles. The number of piperidine rings is 1. The van der Waals surface area contributed by atoms with Gasteiger partial charge >= 0.3 is 0 Å². The van der Waals surface area contributed by atoms with Crippen molar-refractivity contribution >= 4 is 28.3 Å². The molecule has 1 N–H and O–H groups in total. The molecule has 0 bridgehead atoms. The summed E-state index contributed by atoms with van der Waals surface area (Å²) in [6.45, 7) is 1.01. The quantitative estimate of drug-likeness (QED) is 0.662. The van der Waals surface area contributed by atoms with Gasteiger partial charge in [-0.2, -0.15) is 0 Å². The first-order valence-corrected chi connectivity index (χ1v) is 10.3. The molecule has 0 spiro atoms. The molecule has 1 aliphatic rings. The van der Waals surface area contributed by atoms with Crippen LogP contribution in [0.3, 0.4) is 0 Å². The van der Waals surface area contributed by atoms with Gasteiger partial charge in [-0.15, -0.1) is 11.3 Å². The molecule has 3 aromatic rings. The first kappa shape index (κ1) is 20.1. The van der Waals surface area contributed by atoms with Crippen LogP contribution in [0, 0.1) is 11.7 Å². The Bertz CT molecular complexity index is 1040. The highest BCUT2D eigenvalue weighted by molar-refractivity contribution is 7.14. The minimum atomic E-state index is -0.388. The molecule has 7 nitrogen and oxygen atoms in total. The topological polar surface area (TPSA) is 84.7 Å². The first-order chi connectivity index (χ1) is 14.5. The smallest absolute Gasteiger partial charge is 0.257 e. The average molecular weight is 429 g/mol. The Morgan fingerprint density at radius 2 is 2.10 bits per heavy atom. The molecular weight excluding hydrogens is 409 g/mol. The Kier molecular flexibility index (Phi) is 5.80. The fourth-order valence-electron chi connectivity index (χ4n) is 3.46. The van der Waals surface area contributed by atoms with Crippen molar-refractivity contribution in [3.63, 3.8) is 0 Å². The monoisotopic (exact) mass is 429 g/mol. The molecule has 0 aliphatic carbocycles. The molecule has 0 unspecified atom stereocenters. The van der Waals surface area contributed by atoms with Gasteiger partial charge in [-0.05, 0) is 37.1 Å². The first-order valence-electron chi connectivity index (χ1n) is 9.47. The van der Waals surface area contributed by atoms with Gasteiger partial charge in [-0.3, -0.25) is 9.59 Å². The number of furan rings is 1. The second kappa shape index (κ2) is 8.66. The van der Waals surface area contributed by atoms with Crippen molar-refractivity contribution in [3.8, 4) is 17.0 Å². The summed E-state index contributed by atoms with van der Waals surface area (Å²) in [5.41, 5.74) is 1.58. The second-order valence-corrected chi connectivity index (χ2v) is 7.81. The van der Waals surface area contributed by atoms with E-state index in [2.05, 4.69) is 10.3 Å². The van der Waals surface area contributed by atoms with Crippen LogP contribution < -0.4 is 10.1 Å². The molecule has 9 heteroatoms. The third-order valence-corrected chi connectivity index (χ3v) is 5.85. The number of halogens is 1. The number of nitrogens with zero attached hydrogens (tertiary/aromatic N) is 2. The Morgan fingerprint density at radius 1 is 1.30 bits per heavy atom. The highest BCUT2D eigenvalue weighted by Gasteiger charge is 2.28. The summed E-state index contributed by atoms with van der Waals surface area (Å²) in [6.07, 6.45) is 4.04. The maximum absolute atomic E-state index is 13.6. The molecule has 0 radical (unpaired) electrons. The molecule has 0 atom stereocenters. The fourth-order valence-corrected chi connectivity index (χ4v) is 4.17. The number of hydrogen-bond acceptors (Lipinski definition) is 6. The number of nitrogens with one attached hydrogen (secondary N) is 1. The summed E-state index contributed by atoms with van der Waals surface area (Å²) >= 11 is 1.27. The molecule has 3 heterocycles. The zero-order valence-corrected chi connectivity index (χ0v) is 17.1. The van der Waals surface area contributed by atoms with E-state index in [0.29, 0.717) is 53.6 Å². The van der Waals surface area contributed by atoms with Crippen LogP contribution in [0.25, 0.3) is 11.3 Å². The number of anilines is 1. The van der Waals surface area contributed by atoms with E-state index in [-0.39, 0.29) is 23.5 Å². The van der Waals surface area contributed by atoms with Crippen LogP contribution in [0.4, 0.5) is 9.52 Å². The molecule has 2 aromatic heterocycles. The van der Waals surface area contributed by atoms with Crippen molar-refractivity contribution in [2.45, 2.75) is 12.8 Å². The van der Waals surface area contributed by atoms with Gasteiger partial charge in [0, 0.05) is 30.0 Å². The third kappa shape index (κ3) is 4.20. The number of methoxy groups -OCH3 is 1. The number of thiazole rings is 1. The highest BCUT2D eigenvalue weighted by atomic mass is 32.1. The van der Waals surface area contributed by atoms with Gasteiger partial charge in [0.15, 0.2) is 5.13 Å². The van der Waals surface area contributed by atoms with Crippen molar-refractivity contribution in [1.29, 1.82) is 0 Å². The molecule has 4 rings (SSSR count). The lowest BCUT2D eigenvalue weighted by Crippen LogP contribution is -2.41. The maximum atomic E-state index is 13.6. The van der Waals surface area contributed by atoms with Gasteiger partial charge in [-0.1, -0.05) is 0 Å². The van der Waals surface area contributed by atoms with Crippen LogP contribution in [0.1, 0.15) is 23.2 Å². The predicted molar refractivity (Wildman–Crippen MR) is 110 cm³/mol. The lowest BCUT2D eigenvalue weighted by atomic mass is 9.95. The van der Waals surface area contributed by atoms with E-state index in [1.165, 1.54) is 43.1 Å². The standard InChI is InChI=1S/C21H20FN3O4S/c1-28-18-3-2-15(22)10-16(18)17-12-30-21(23-17)24-19(26)13-4-7-25(8-5-13)20(27)14-6-9-29-11-14/h2-3,6,9-13H,4-5,7-8H2,1H3,(H,23,24,26). The van der Waals surface area contributed by atoms with Gasteiger partial charge in [0.05, 0.1) is 24.6 Å². The minimum Gasteiger partial charge on any atom is -0.496 e. The zero-order chi connectivity index (χ0) is 21.1.